The Morgan fingerprint density at radius 1 is 1.44 bits per heavy atom. The summed E-state index contributed by atoms with van der Waals surface area (Å²) >= 11 is 0. The zero-order chi connectivity index (χ0) is 11.5. The van der Waals surface area contributed by atoms with Crippen molar-refractivity contribution in [2.45, 2.75) is 13.0 Å². The maximum Gasteiger partial charge on any atom is 0.226 e. The summed E-state index contributed by atoms with van der Waals surface area (Å²) in [5, 5.41) is 3.05. The number of nitrogens with one attached hydrogen (secondary N) is 1. The topological polar surface area (TPSA) is 38.1 Å². The molecule has 0 radical (unpaired) electrons. The zero-order valence-corrected chi connectivity index (χ0v) is 9.20. The van der Waals surface area contributed by atoms with Crippen LogP contribution in [0.2, 0.25) is 0 Å². The molecule has 16 heavy (non-hydrogen) atoms. The number of nitrogens with zero attached hydrogens (tertiary/aromatic N) is 1. The molecule has 1 atom stereocenters. The van der Waals surface area contributed by atoms with Crippen LogP contribution >= 0.6 is 0 Å². The van der Waals surface area contributed by atoms with Gasteiger partial charge in [0.2, 0.25) is 5.89 Å². The van der Waals surface area contributed by atoms with Crippen LogP contribution in [0.3, 0.4) is 0 Å². The molecule has 0 amide bonds. The minimum absolute atomic E-state index is 0.0924. The predicted molar refractivity (Wildman–Crippen MR) is 59.4 cm³/mol. The lowest BCUT2D eigenvalue weighted by atomic mass is 10.2. The molecule has 0 saturated carbocycles. The van der Waals surface area contributed by atoms with Gasteiger partial charge in [-0.05, 0) is 32.2 Å². The van der Waals surface area contributed by atoms with Gasteiger partial charge in [-0.2, -0.15) is 0 Å². The number of rotatable bonds is 3. The molecule has 1 aromatic heterocycles. The molecule has 0 saturated heterocycles. The van der Waals surface area contributed by atoms with E-state index in [0.29, 0.717) is 11.5 Å². The summed E-state index contributed by atoms with van der Waals surface area (Å²) in [6.45, 7) is 1.97. The Morgan fingerprint density at radius 2 is 2.25 bits per heavy atom. The van der Waals surface area contributed by atoms with Gasteiger partial charge in [-0.3, -0.25) is 0 Å². The first-order chi connectivity index (χ1) is 7.70. The maximum absolute atomic E-state index is 13.0. The summed E-state index contributed by atoms with van der Waals surface area (Å²) in [4.78, 5) is 4.12. The van der Waals surface area contributed by atoms with Crippen LogP contribution in [-0.2, 0) is 0 Å². The summed E-state index contributed by atoms with van der Waals surface area (Å²) in [5.41, 5.74) is 0.648. The molecule has 0 bridgehead atoms. The number of oxazole rings is 1. The summed E-state index contributed by atoms with van der Waals surface area (Å²) in [5.74, 6) is 0.886. The molecule has 0 aliphatic rings. The van der Waals surface area contributed by atoms with Crippen molar-refractivity contribution in [1.29, 1.82) is 0 Å². The fourth-order valence-corrected chi connectivity index (χ4v) is 1.38. The molecule has 1 aromatic carbocycles. The van der Waals surface area contributed by atoms with Crippen LogP contribution in [-0.4, -0.2) is 12.0 Å². The van der Waals surface area contributed by atoms with Crippen molar-refractivity contribution in [3.63, 3.8) is 0 Å². The third-order valence-corrected chi connectivity index (χ3v) is 2.45. The molecular weight excluding hydrogens is 207 g/mol. The molecule has 0 aliphatic carbocycles. The van der Waals surface area contributed by atoms with Gasteiger partial charge in [0.25, 0.3) is 0 Å². The van der Waals surface area contributed by atoms with Crippen molar-refractivity contribution in [3.8, 4) is 11.5 Å². The van der Waals surface area contributed by atoms with E-state index in [0.717, 1.165) is 5.76 Å². The highest BCUT2D eigenvalue weighted by molar-refractivity contribution is 5.52. The van der Waals surface area contributed by atoms with Crippen LogP contribution in [0.4, 0.5) is 4.39 Å². The third kappa shape index (κ3) is 2.12. The molecule has 2 aromatic rings. The normalized spacial score (nSPS) is 12.7. The van der Waals surface area contributed by atoms with Crippen molar-refractivity contribution < 1.29 is 8.81 Å². The van der Waals surface area contributed by atoms with Crippen LogP contribution in [0, 0.1) is 5.82 Å². The molecule has 1 unspecified atom stereocenters. The highest BCUT2D eigenvalue weighted by Crippen LogP contribution is 2.22. The van der Waals surface area contributed by atoms with E-state index in [4.69, 9.17) is 4.42 Å². The second kappa shape index (κ2) is 4.45. The third-order valence-electron chi connectivity index (χ3n) is 2.45. The van der Waals surface area contributed by atoms with Crippen molar-refractivity contribution in [1.82, 2.24) is 10.3 Å². The van der Waals surface area contributed by atoms with E-state index in [-0.39, 0.29) is 11.9 Å². The summed E-state index contributed by atoms with van der Waals surface area (Å²) in [6, 6.07) is 6.29. The van der Waals surface area contributed by atoms with Gasteiger partial charge in [0.05, 0.1) is 12.2 Å². The Bertz CT molecular complexity index is 481. The summed E-state index contributed by atoms with van der Waals surface area (Å²) in [7, 11) is 1.84. The molecule has 84 valence electrons. The van der Waals surface area contributed by atoms with E-state index >= 15 is 0 Å². The number of hydrogen-bond acceptors (Lipinski definition) is 3. The Labute approximate surface area is 93.3 Å². The largest absolute Gasteiger partial charge is 0.440 e. The Hall–Kier alpha value is -1.68. The van der Waals surface area contributed by atoms with E-state index in [9.17, 15) is 4.39 Å². The van der Waals surface area contributed by atoms with Gasteiger partial charge >= 0.3 is 0 Å². The fraction of sp³-hybridized carbons (Fsp3) is 0.250. The van der Waals surface area contributed by atoms with Crippen molar-refractivity contribution in [2.24, 2.45) is 0 Å². The Balaban J connectivity index is 2.31. The van der Waals surface area contributed by atoms with E-state index in [1.807, 2.05) is 14.0 Å². The molecule has 0 aliphatic heterocycles. The Kier molecular flexibility index (Phi) is 3.01. The summed E-state index contributed by atoms with van der Waals surface area (Å²) < 4.78 is 18.5. The lowest BCUT2D eigenvalue weighted by molar-refractivity contribution is 0.456. The van der Waals surface area contributed by atoms with Crippen molar-refractivity contribution in [3.05, 3.63) is 42.0 Å². The van der Waals surface area contributed by atoms with Gasteiger partial charge in [0.15, 0.2) is 0 Å². The van der Waals surface area contributed by atoms with Gasteiger partial charge in [-0.15, -0.1) is 0 Å². The van der Waals surface area contributed by atoms with Crippen LogP contribution in [0.1, 0.15) is 18.7 Å². The van der Waals surface area contributed by atoms with E-state index in [1.165, 1.54) is 12.1 Å². The number of hydrogen-bond donors (Lipinski definition) is 1. The first-order valence-electron chi connectivity index (χ1n) is 5.09. The van der Waals surface area contributed by atoms with Crippen molar-refractivity contribution in [2.75, 3.05) is 7.05 Å². The smallest absolute Gasteiger partial charge is 0.226 e. The number of halogens is 1. The van der Waals surface area contributed by atoms with Gasteiger partial charge < -0.3 is 9.73 Å². The molecule has 1 heterocycles. The highest BCUT2D eigenvalue weighted by Gasteiger charge is 2.11. The van der Waals surface area contributed by atoms with Gasteiger partial charge in [0.1, 0.15) is 11.6 Å². The summed E-state index contributed by atoms with van der Waals surface area (Å²) in [6.07, 6.45) is 1.65. The Morgan fingerprint density at radius 3 is 2.94 bits per heavy atom. The predicted octanol–water partition coefficient (Wildman–Crippen LogP) is 2.76. The van der Waals surface area contributed by atoms with Crippen LogP contribution < -0.4 is 5.32 Å². The fourth-order valence-electron chi connectivity index (χ4n) is 1.38. The second-order valence-corrected chi connectivity index (χ2v) is 3.59. The van der Waals surface area contributed by atoms with E-state index in [1.54, 1.807) is 18.3 Å². The number of aromatic nitrogens is 1. The standard InChI is InChI=1S/C12H13FN2O/c1-8(14-2)11-7-15-12(16-11)9-4-3-5-10(13)6-9/h3-8,14H,1-2H3. The first kappa shape index (κ1) is 10.8. The average molecular weight is 220 g/mol. The van der Waals surface area contributed by atoms with Crippen LogP contribution in [0.15, 0.2) is 34.9 Å². The van der Waals surface area contributed by atoms with Crippen LogP contribution in [0.25, 0.3) is 11.5 Å². The van der Waals surface area contributed by atoms with Gasteiger partial charge in [-0.25, -0.2) is 9.37 Å². The van der Waals surface area contributed by atoms with Crippen molar-refractivity contribution >= 4 is 0 Å². The minimum atomic E-state index is -0.293. The molecule has 1 N–H and O–H groups in total. The molecule has 0 spiro atoms. The average Bonchev–Trinajstić information content (AvgIpc) is 2.77. The molecule has 2 rings (SSSR count). The highest BCUT2D eigenvalue weighted by atomic mass is 19.1. The monoisotopic (exact) mass is 220 g/mol. The molecule has 4 heteroatoms. The molecule has 3 nitrogen and oxygen atoms in total. The first-order valence-corrected chi connectivity index (χ1v) is 5.09. The second-order valence-electron chi connectivity index (χ2n) is 3.59. The zero-order valence-electron chi connectivity index (χ0n) is 9.20. The SMILES string of the molecule is CNC(C)c1cnc(-c2cccc(F)c2)o1. The maximum atomic E-state index is 13.0. The van der Waals surface area contributed by atoms with Crippen LogP contribution in [0.5, 0.6) is 0 Å². The lowest BCUT2D eigenvalue weighted by Gasteiger charge is -2.04. The molecular formula is C12H13FN2O. The molecule has 0 fully saturated rings. The lowest BCUT2D eigenvalue weighted by Crippen LogP contribution is -2.11. The van der Waals surface area contributed by atoms with E-state index < -0.39 is 0 Å². The minimum Gasteiger partial charge on any atom is -0.440 e. The quantitative estimate of drug-likeness (QED) is 0.864. The van der Waals surface area contributed by atoms with E-state index in [2.05, 4.69) is 10.3 Å². The number of benzene rings is 1. The van der Waals surface area contributed by atoms with Gasteiger partial charge in [-0.1, -0.05) is 6.07 Å². The van der Waals surface area contributed by atoms with Gasteiger partial charge in [0, 0.05) is 5.56 Å².